The van der Waals surface area contributed by atoms with Crippen molar-refractivity contribution in [1.82, 2.24) is 14.7 Å². The fraction of sp³-hybridized carbons (Fsp3) is 0.679. The van der Waals surface area contributed by atoms with Gasteiger partial charge in [0.1, 0.15) is 5.75 Å². The molecule has 1 fully saturated rings. The summed E-state index contributed by atoms with van der Waals surface area (Å²) in [5.41, 5.74) is 2.05. The number of likely N-dealkylation sites (tertiary alicyclic amines) is 1. The van der Waals surface area contributed by atoms with E-state index in [0.717, 1.165) is 36.1 Å². The second kappa shape index (κ2) is 13.8. The summed E-state index contributed by atoms with van der Waals surface area (Å²) in [6.45, 7) is 8.85. The lowest BCUT2D eigenvalue weighted by atomic mass is 9.83. The first kappa shape index (κ1) is 28.9. The van der Waals surface area contributed by atoms with E-state index < -0.39 is 11.9 Å². The van der Waals surface area contributed by atoms with Crippen LogP contribution in [-0.4, -0.2) is 101 Å². The fourth-order valence-corrected chi connectivity index (χ4v) is 5.70. The molecular formula is C28H43N3O6. The van der Waals surface area contributed by atoms with Crippen LogP contribution in [0.4, 0.5) is 0 Å². The lowest BCUT2D eigenvalue weighted by molar-refractivity contribution is -0.144. The Kier molecular flexibility index (Phi) is 10.8. The molecule has 9 nitrogen and oxygen atoms in total. The number of carbonyl (C=O) groups excluding carboxylic acids is 2. The number of ether oxygens (including phenoxy) is 1. The van der Waals surface area contributed by atoms with Gasteiger partial charge in [0.25, 0.3) is 0 Å². The van der Waals surface area contributed by atoms with Gasteiger partial charge in [-0.05, 0) is 43.4 Å². The van der Waals surface area contributed by atoms with Crippen LogP contribution < -0.4 is 4.74 Å². The molecule has 0 spiro atoms. The number of carboxylic acid groups (broad SMARTS) is 1. The molecule has 2 N–H and O–H groups in total. The topological polar surface area (TPSA) is 111 Å². The highest BCUT2D eigenvalue weighted by Crippen LogP contribution is 2.41. The van der Waals surface area contributed by atoms with Crippen molar-refractivity contribution in [2.75, 3.05) is 52.5 Å². The van der Waals surface area contributed by atoms with Crippen molar-refractivity contribution >= 4 is 17.8 Å². The van der Waals surface area contributed by atoms with Gasteiger partial charge in [-0.3, -0.25) is 19.3 Å². The Morgan fingerprint density at radius 3 is 2.51 bits per heavy atom. The van der Waals surface area contributed by atoms with Gasteiger partial charge in [0.2, 0.25) is 11.8 Å². The Morgan fingerprint density at radius 1 is 1.11 bits per heavy atom. The van der Waals surface area contributed by atoms with Crippen LogP contribution >= 0.6 is 0 Å². The molecule has 1 unspecified atom stereocenters. The first-order valence-corrected chi connectivity index (χ1v) is 13.7. The lowest BCUT2D eigenvalue weighted by Crippen LogP contribution is -2.46. The Bertz CT molecular complexity index is 930. The smallest absolute Gasteiger partial charge is 0.308 e. The molecule has 0 aliphatic carbocycles. The number of aliphatic hydroxyl groups excluding tert-OH is 1. The monoisotopic (exact) mass is 517 g/mol. The molecule has 206 valence electrons. The minimum atomic E-state index is -0.879. The second-order valence-corrected chi connectivity index (χ2v) is 10.1. The van der Waals surface area contributed by atoms with Gasteiger partial charge in [0, 0.05) is 64.6 Å². The predicted octanol–water partition coefficient (Wildman–Crippen LogP) is 2.36. The van der Waals surface area contributed by atoms with Crippen LogP contribution in [0.5, 0.6) is 5.75 Å². The van der Waals surface area contributed by atoms with Gasteiger partial charge in [-0.1, -0.05) is 25.5 Å². The van der Waals surface area contributed by atoms with Crippen molar-refractivity contribution in [2.24, 2.45) is 5.92 Å². The SMILES string of the molecule is CCCCN(CCCO)C(=O)CN1C[C@H](c2ccc3c(c2)CCO3)C(C(=O)O)[C@@H]1CCN(CC)C(C)=O. The molecule has 9 heteroatoms. The van der Waals surface area contributed by atoms with E-state index in [0.29, 0.717) is 52.2 Å². The molecule has 2 heterocycles. The normalized spacial score (nSPS) is 20.9. The number of aliphatic carboxylic acids is 1. The van der Waals surface area contributed by atoms with E-state index >= 15 is 0 Å². The molecule has 1 aromatic rings. The summed E-state index contributed by atoms with van der Waals surface area (Å²) >= 11 is 0. The van der Waals surface area contributed by atoms with Crippen molar-refractivity contribution in [3.05, 3.63) is 29.3 Å². The van der Waals surface area contributed by atoms with Gasteiger partial charge in [-0.25, -0.2) is 0 Å². The Labute approximate surface area is 220 Å². The molecule has 2 aliphatic rings. The van der Waals surface area contributed by atoms with Gasteiger partial charge in [0.05, 0.1) is 19.1 Å². The number of nitrogens with zero attached hydrogens (tertiary/aromatic N) is 3. The number of unbranched alkanes of at least 4 members (excludes halogenated alkanes) is 1. The van der Waals surface area contributed by atoms with E-state index in [1.807, 2.05) is 24.0 Å². The summed E-state index contributed by atoms with van der Waals surface area (Å²) in [5, 5.41) is 19.7. The average Bonchev–Trinajstić information content (AvgIpc) is 3.48. The van der Waals surface area contributed by atoms with Crippen molar-refractivity contribution in [2.45, 2.75) is 64.8 Å². The molecule has 0 aromatic heterocycles. The molecule has 1 saturated heterocycles. The van der Waals surface area contributed by atoms with Crippen molar-refractivity contribution < 1.29 is 29.3 Å². The highest BCUT2D eigenvalue weighted by Gasteiger charge is 2.47. The molecule has 0 bridgehead atoms. The number of hydrogen-bond donors (Lipinski definition) is 2. The van der Waals surface area contributed by atoms with Gasteiger partial charge in [-0.15, -0.1) is 0 Å². The summed E-state index contributed by atoms with van der Waals surface area (Å²) in [6.07, 6.45) is 3.63. The lowest BCUT2D eigenvalue weighted by Gasteiger charge is -2.31. The first-order chi connectivity index (χ1) is 17.8. The van der Waals surface area contributed by atoms with Crippen LogP contribution in [0.1, 0.15) is 63.5 Å². The molecular weight excluding hydrogens is 474 g/mol. The molecule has 37 heavy (non-hydrogen) atoms. The second-order valence-electron chi connectivity index (χ2n) is 10.1. The number of benzene rings is 1. The highest BCUT2D eigenvalue weighted by molar-refractivity contribution is 5.79. The minimum absolute atomic E-state index is 0.0192. The van der Waals surface area contributed by atoms with Crippen LogP contribution in [0.2, 0.25) is 0 Å². The van der Waals surface area contributed by atoms with Crippen LogP contribution in [0.25, 0.3) is 0 Å². The maximum atomic E-state index is 13.4. The number of hydrogen-bond acceptors (Lipinski definition) is 6. The molecule has 0 saturated carbocycles. The quantitative estimate of drug-likeness (QED) is 0.390. The summed E-state index contributed by atoms with van der Waals surface area (Å²) < 4.78 is 5.64. The first-order valence-electron chi connectivity index (χ1n) is 13.7. The zero-order chi connectivity index (χ0) is 26.9. The molecule has 1 aromatic carbocycles. The maximum absolute atomic E-state index is 13.4. The van der Waals surface area contributed by atoms with Gasteiger partial charge in [-0.2, -0.15) is 0 Å². The van der Waals surface area contributed by atoms with E-state index in [2.05, 4.69) is 13.0 Å². The summed E-state index contributed by atoms with van der Waals surface area (Å²) in [5.74, 6) is -1.07. The van der Waals surface area contributed by atoms with Gasteiger partial charge < -0.3 is 24.7 Å². The molecule has 2 amide bonds. The van der Waals surface area contributed by atoms with E-state index in [9.17, 15) is 24.6 Å². The zero-order valence-electron chi connectivity index (χ0n) is 22.5. The van der Waals surface area contributed by atoms with Crippen molar-refractivity contribution in [1.29, 1.82) is 0 Å². The van der Waals surface area contributed by atoms with Gasteiger partial charge >= 0.3 is 5.97 Å². The average molecular weight is 518 g/mol. The third-order valence-electron chi connectivity index (χ3n) is 7.76. The number of aliphatic hydroxyl groups is 1. The number of carbonyl (C=O) groups is 3. The number of rotatable bonds is 14. The summed E-state index contributed by atoms with van der Waals surface area (Å²) in [4.78, 5) is 43.6. The zero-order valence-corrected chi connectivity index (χ0v) is 22.5. The van der Waals surface area contributed by atoms with Crippen LogP contribution in [0, 0.1) is 5.92 Å². The molecule has 0 radical (unpaired) electrons. The van der Waals surface area contributed by atoms with Crippen molar-refractivity contribution in [3.63, 3.8) is 0 Å². The standard InChI is InChI=1S/C28H43N3O6/c1-4-6-12-30(13-7-15-32)26(34)19-31-18-23(21-8-9-25-22(17-21)11-16-37-25)27(28(35)36)24(31)10-14-29(5-2)20(3)33/h8-9,17,23-24,27,32H,4-7,10-16,18-19H2,1-3H3,(H,35,36)/t23-,24+,27?/m1/s1. The van der Waals surface area contributed by atoms with E-state index in [1.54, 1.807) is 9.80 Å². The molecule has 3 atom stereocenters. The van der Waals surface area contributed by atoms with E-state index in [4.69, 9.17) is 4.74 Å². The maximum Gasteiger partial charge on any atom is 0.308 e. The third kappa shape index (κ3) is 7.23. The largest absolute Gasteiger partial charge is 0.493 e. The Morgan fingerprint density at radius 2 is 1.86 bits per heavy atom. The molecule has 3 rings (SSSR count). The van der Waals surface area contributed by atoms with E-state index in [-0.39, 0.29) is 36.9 Å². The van der Waals surface area contributed by atoms with Crippen molar-refractivity contribution in [3.8, 4) is 5.75 Å². The molecule has 2 aliphatic heterocycles. The summed E-state index contributed by atoms with van der Waals surface area (Å²) in [7, 11) is 0. The third-order valence-corrected chi connectivity index (χ3v) is 7.76. The predicted molar refractivity (Wildman–Crippen MR) is 141 cm³/mol. The minimum Gasteiger partial charge on any atom is -0.493 e. The highest BCUT2D eigenvalue weighted by atomic mass is 16.5. The Balaban J connectivity index is 1.88. The van der Waals surface area contributed by atoms with E-state index in [1.165, 1.54) is 6.92 Å². The van der Waals surface area contributed by atoms with Crippen LogP contribution in [-0.2, 0) is 20.8 Å². The number of carboxylic acids is 1. The van der Waals surface area contributed by atoms with Gasteiger partial charge in [0.15, 0.2) is 0 Å². The number of amides is 2. The van der Waals surface area contributed by atoms with Crippen LogP contribution in [0.15, 0.2) is 18.2 Å². The van der Waals surface area contributed by atoms with Crippen LogP contribution in [0.3, 0.4) is 0 Å². The summed E-state index contributed by atoms with van der Waals surface area (Å²) in [6, 6.07) is 5.56. The number of fused-ring (bicyclic) bond motifs is 1. The fourth-order valence-electron chi connectivity index (χ4n) is 5.70. The Hall–Kier alpha value is -2.65.